The number of aromatic amines is 1. The Hall–Kier alpha value is -2.43. The Morgan fingerprint density at radius 2 is 2.21 bits per heavy atom. The highest BCUT2D eigenvalue weighted by atomic mass is 16.2. The first kappa shape index (κ1) is 15.1. The van der Waals surface area contributed by atoms with Crippen LogP contribution >= 0.6 is 0 Å². The SMILES string of the molecule is Cc1cccc2c1C(C)CC2CC(=O)N1Cc2nc[nH]c(=O)c2C1. The van der Waals surface area contributed by atoms with Crippen LogP contribution in [0, 0.1) is 6.92 Å². The van der Waals surface area contributed by atoms with Crippen LogP contribution in [0.5, 0.6) is 0 Å². The van der Waals surface area contributed by atoms with E-state index >= 15 is 0 Å². The van der Waals surface area contributed by atoms with Crippen LogP contribution in [0.2, 0.25) is 0 Å². The average molecular weight is 323 g/mol. The van der Waals surface area contributed by atoms with Gasteiger partial charge in [0.1, 0.15) is 0 Å². The third-order valence-corrected chi connectivity index (χ3v) is 5.43. The molecule has 1 N–H and O–H groups in total. The zero-order valence-corrected chi connectivity index (χ0v) is 14.0. The van der Waals surface area contributed by atoms with Crippen LogP contribution in [-0.2, 0) is 17.9 Å². The second kappa shape index (κ2) is 5.58. The molecule has 5 nitrogen and oxygen atoms in total. The molecule has 0 saturated heterocycles. The summed E-state index contributed by atoms with van der Waals surface area (Å²) in [7, 11) is 0. The maximum Gasteiger partial charge on any atom is 0.256 e. The molecule has 2 aliphatic rings. The minimum absolute atomic E-state index is 0.110. The summed E-state index contributed by atoms with van der Waals surface area (Å²) in [5, 5.41) is 0. The summed E-state index contributed by atoms with van der Waals surface area (Å²) in [5.74, 6) is 0.885. The molecule has 0 fully saturated rings. The molecule has 2 aromatic rings. The smallest absolute Gasteiger partial charge is 0.256 e. The van der Waals surface area contributed by atoms with Crippen LogP contribution in [0.25, 0.3) is 0 Å². The van der Waals surface area contributed by atoms with Crippen molar-refractivity contribution in [3.63, 3.8) is 0 Å². The molecule has 5 heteroatoms. The number of carbonyl (C=O) groups excluding carboxylic acids is 1. The molecule has 2 heterocycles. The zero-order chi connectivity index (χ0) is 16.8. The lowest BCUT2D eigenvalue weighted by atomic mass is 9.96. The van der Waals surface area contributed by atoms with Crippen molar-refractivity contribution in [1.29, 1.82) is 0 Å². The van der Waals surface area contributed by atoms with Crippen molar-refractivity contribution < 1.29 is 4.79 Å². The molecule has 1 aromatic carbocycles. The summed E-state index contributed by atoms with van der Waals surface area (Å²) in [6.45, 7) is 5.21. The van der Waals surface area contributed by atoms with Crippen molar-refractivity contribution in [2.24, 2.45) is 0 Å². The van der Waals surface area contributed by atoms with E-state index in [-0.39, 0.29) is 17.4 Å². The normalized spacial score (nSPS) is 21.7. The molecular formula is C19H21N3O2. The van der Waals surface area contributed by atoms with Gasteiger partial charge in [-0.15, -0.1) is 0 Å². The Kier molecular flexibility index (Phi) is 3.52. The van der Waals surface area contributed by atoms with E-state index in [2.05, 4.69) is 42.0 Å². The number of H-pyrrole nitrogens is 1. The number of hydrogen-bond acceptors (Lipinski definition) is 3. The molecule has 1 amide bonds. The Bertz CT molecular complexity index is 871. The lowest BCUT2D eigenvalue weighted by Gasteiger charge is -2.18. The number of carbonyl (C=O) groups is 1. The van der Waals surface area contributed by atoms with Crippen molar-refractivity contribution in [2.45, 2.75) is 51.6 Å². The van der Waals surface area contributed by atoms with E-state index in [9.17, 15) is 9.59 Å². The highest BCUT2D eigenvalue weighted by Crippen LogP contribution is 2.44. The molecule has 0 radical (unpaired) electrons. The van der Waals surface area contributed by atoms with Gasteiger partial charge >= 0.3 is 0 Å². The van der Waals surface area contributed by atoms with Gasteiger partial charge in [0.2, 0.25) is 5.91 Å². The van der Waals surface area contributed by atoms with Crippen LogP contribution in [0.3, 0.4) is 0 Å². The van der Waals surface area contributed by atoms with Gasteiger partial charge in [0, 0.05) is 6.42 Å². The van der Waals surface area contributed by atoms with Gasteiger partial charge in [0.05, 0.1) is 30.7 Å². The number of aryl methyl sites for hydroxylation is 1. The Morgan fingerprint density at radius 3 is 3.00 bits per heavy atom. The highest BCUT2D eigenvalue weighted by molar-refractivity contribution is 5.78. The summed E-state index contributed by atoms with van der Waals surface area (Å²) in [6, 6.07) is 6.39. The van der Waals surface area contributed by atoms with Crippen LogP contribution in [0.15, 0.2) is 29.3 Å². The first-order valence-corrected chi connectivity index (χ1v) is 8.47. The number of amides is 1. The standard InChI is InChI=1S/C19H21N3O2/c1-11-4-3-5-14-13(6-12(2)18(11)14)7-17(23)22-8-15-16(9-22)20-10-21-19(15)24/h3-5,10,12-13H,6-9H2,1-2H3,(H,20,21,24). The predicted octanol–water partition coefficient (Wildman–Crippen LogP) is 2.60. The minimum atomic E-state index is -0.134. The molecule has 0 saturated carbocycles. The monoisotopic (exact) mass is 323 g/mol. The van der Waals surface area contributed by atoms with Crippen LogP contribution in [-0.4, -0.2) is 20.8 Å². The molecule has 1 aliphatic carbocycles. The maximum atomic E-state index is 12.8. The minimum Gasteiger partial charge on any atom is -0.332 e. The van der Waals surface area contributed by atoms with Gasteiger partial charge in [-0.25, -0.2) is 4.98 Å². The van der Waals surface area contributed by atoms with E-state index in [4.69, 9.17) is 0 Å². The molecule has 2 atom stereocenters. The zero-order valence-electron chi connectivity index (χ0n) is 14.0. The van der Waals surface area contributed by atoms with Crippen LogP contribution in [0.1, 0.15) is 59.5 Å². The molecule has 1 aromatic heterocycles. The summed E-state index contributed by atoms with van der Waals surface area (Å²) in [4.78, 5) is 33.1. The van der Waals surface area contributed by atoms with E-state index in [1.54, 1.807) is 4.90 Å². The van der Waals surface area contributed by atoms with Crippen molar-refractivity contribution >= 4 is 5.91 Å². The van der Waals surface area contributed by atoms with Crippen molar-refractivity contribution in [3.8, 4) is 0 Å². The third kappa shape index (κ3) is 2.35. The first-order valence-electron chi connectivity index (χ1n) is 8.47. The summed E-state index contributed by atoms with van der Waals surface area (Å²) < 4.78 is 0. The predicted molar refractivity (Wildman–Crippen MR) is 90.7 cm³/mol. The number of rotatable bonds is 2. The van der Waals surface area contributed by atoms with Gasteiger partial charge in [-0.2, -0.15) is 0 Å². The number of fused-ring (bicyclic) bond motifs is 2. The second-order valence-corrected chi connectivity index (χ2v) is 7.02. The molecule has 1 aliphatic heterocycles. The first-order chi connectivity index (χ1) is 11.5. The van der Waals surface area contributed by atoms with Crippen LogP contribution < -0.4 is 5.56 Å². The van der Waals surface area contributed by atoms with E-state index in [1.807, 2.05) is 0 Å². The third-order valence-electron chi connectivity index (χ3n) is 5.43. The molecular weight excluding hydrogens is 302 g/mol. The number of benzene rings is 1. The van der Waals surface area contributed by atoms with Gasteiger partial charge in [-0.05, 0) is 41.9 Å². The number of nitrogens with one attached hydrogen (secondary N) is 1. The lowest BCUT2D eigenvalue weighted by molar-refractivity contribution is -0.132. The van der Waals surface area contributed by atoms with E-state index < -0.39 is 0 Å². The fourth-order valence-electron chi connectivity index (χ4n) is 4.31. The van der Waals surface area contributed by atoms with E-state index in [0.717, 1.165) is 12.1 Å². The van der Waals surface area contributed by atoms with Crippen LogP contribution in [0.4, 0.5) is 0 Å². The van der Waals surface area contributed by atoms with Crippen molar-refractivity contribution in [2.75, 3.05) is 0 Å². The largest absolute Gasteiger partial charge is 0.332 e. The van der Waals surface area contributed by atoms with Crippen molar-refractivity contribution in [1.82, 2.24) is 14.9 Å². The second-order valence-electron chi connectivity index (χ2n) is 7.02. The molecule has 4 rings (SSSR count). The fourth-order valence-corrected chi connectivity index (χ4v) is 4.31. The number of nitrogens with zero attached hydrogens (tertiary/aromatic N) is 2. The van der Waals surface area contributed by atoms with E-state index in [1.165, 1.54) is 23.0 Å². The molecule has 2 unspecified atom stereocenters. The molecule has 24 heavy (non-hydrogen) atoms. The Balaban J connectivity index is 1.52. The van der Waals surface area contributed by atoms with Gasteiger partial charge in [-0.1, -0.05) is 25.1 Å². The summed E-state index contributed by atoms with van der Waals surface area (Å²) >= 11 is 0. The van der Waals surface area contributed by atoms with Crippen molar-refractivity contribution in [3.05, 3.63) is 62.8 Å². The molecule has 0 bridgehead atoms. The quantitative estimate of drug-likeness (QED) is 0.924. The molecule has 124 valence electrons. The highest BCUT2D eigenvalue weighted by Gasteiger charge is 2.33. The van der Waals surface area contributed by atoms with Gasteiger partial charge in [0.15, 0.2) is 0 Å². The van der Waals surface area contributed by atoms with Gasteiger partial charge in [-0.3, -0.25) is 9.59 Å². The lowest BCUT2D eigenvalue weighted by Crippen LogP contribution is -2.27. The maximum absolute atomic E-state index is 12.8. The fraction of sp³-hybridized carbons (Fsp3) is 0.421. The van der Waals surface area contributed by atoms with Gasteiger partial charge < -0.3 is 9.88 Å². The molecule has 0 spiro atoms. The summed E-state index contributed by atoms with van der Waals surface area (Å²) in [5.41, 5.74) is 5.27. The summed E-state index contributed by atoms with van der Waals surface area (Å²) in [6.07, 6.45) is 2.94. The van der Waals surface area contributed by atoms with E-state index in [0.29, 0.717) is 31.0 Å². The van der Waals surface area contributed by atoms with Gasteiger partial charge in [0.25, 0.3) is 5.56 Å². The Labute approximate surface area is 140 Å². The Morgan fingerprint density at radius 1 is 1.38 bits per heavy atom. The number of aromatic nitrogens is 2. The topological polar surface area (TPSA) is 66.1 Å². The number of hydrogen-bond donors (Lipinski definition) is 1. The average Bonchev–Trinajstić information content (AvgIpc) is 3.11.